The molecule has 0 unspecified atom stereocenters. The summed E-state index contributed by atoms with van der Waals surface area (Å²) in [5.41, 5.74) is 0. The van der Waals surface area contributed by atoms with Crippen LogP contribution in [0.5, 0.6) is 0 Å². The highest BCUT2D eigenvalue weighted by molar-refractivity contribution is 5.15. The Morgan fingerprint density at radius 3 is 1.38 bits per heavy atom. The molecule has 0 aliphatic carbocycles. The second-order valence-electron chi connectivity index (χ2n) is 4.59. The molecular weight excluding hydrogens is 366 g/mol. The normalized spacial score (nSPS) is 10.8. The SMILES string of the molecule is CN(Cn1nc([N+](=O)[O-])nc1[N+](=O)[O-])Cn1nc([N+](=O)[O-])nc1[N+](=O)[O-]. The summed E-state index contributed by atoms with van der Waals surface area (Å²) in [4.78, 5) is 46.3. The van der Waals surface area contributed by atoms with Gasteiger partial charge in [-0.05, 0) is 26.7 Å². The van der Waals surface area contributed by atoms with Crippen molar-refractivity contribution in [2.75, 3.05) is 7.05 Å². The van der Waals surface area contributed by atoms with E-state index < -0.39 is 56.8 Å². The van der Waals surface area contributed by atoms with E-state index in [4.69, 9.17) is 0 Å². The Morgan fingerprint density at radius 1 is 0.769 bits per heavy atom. The molecule has 2 aromatic rings. The number of hydrogen-bond donors (Lipinski definition) is 0. The molecule has 2 heterocycles. The van der Waals surface area contributed by atoms with Gasteiger partial charge in [0.15, 0.2) is 13.3 Å². The number of nitro groups is 4. The van der Waals surface area contributed by atoms with Crippen molar-refractivity contribution in [3.8, 4) is 0 Å². The highest BCUT2D eigenvalue weighted by Crippen LogP contribution is 2.16. The quantitative estimate of drug-likeness (QED) is 0.401. The maximum absolute atomic E-state index is 10.9. The van der Waals surface area contributed by atoms with Crippen LogP contribution in [0.15, 0.2) is 0 Å². The molecule has 0 aliphatic rings. The fraction of sp³-hybridized carbons (Fsp3) is 0.429. The van der Waals surface area contributed by atoms with Crippen molar-refractivity contribution in [3.63, 3.8) is 0 Å². The van der Waals surface area contributed by atoms with E-state index in [0.29, 0.717) is 9.36 Å². The zero-order valence-electron chi connectivity index (χ0n) is 12.6. The Labute approximate surface area is 140 Å². The highest BCUT2D eigenvalue weighted by Gasteiger charge is 2.32. The van der Waals surface area contributed by atoms with Gasteiger partial charge in [-0.3, -0.25) is 0 Å². The molecule has 0 aromatic carbocycles. The maximum Gasteiger partial charge on any atom is 0.508 e. The topological polar surface area (TPSA) is 237 Å². The van der Waals surface area contributed by atoms with Crippen LogP contribution in [0.2, 0.25) is 0 Å². The van der Waals surface area contributed by atoms with Gasteiger partial charge < -0.3 is 40.5 Å². The van der Waals surface area contributed by atoms with Gasteiger partial charge in [-0.2, -0.15) is 0 Å². The van der Waals surface area contributed by atoms with Gasteiger partial charge in [0.05, 0.1) is 10.2 Å². The summed E-state index contributed by atoms with van der Waals surface area (Å²) in [5.74, 6) is -3.87. The summed E-state index contributed by atoms with van der Waals surface area (Å²) in [5, 5.41) is 49.7. The summed E-state index contributed by atoms with van der Waals surface area (Å²) >= 11 is 0. The van der Waals surface area contributed by atoms with Crippen molar-refractivity contribution in [3.05, 3.63) is 40.5 Å². The van der Waals surface area contributed by atoms with Crippen LogP contribution in [0.4, 0.5) is 23.8 Å². The molecule has 0 fully saturated rings. The maximum atomic E-state index is 10.9. The van der Waals surface area contributed by atoms with E-state index in [-0.39, 0.29) is 0 Å². The van der Waals surface area contributed by atoms with E-state index in [1.165, 1.54) is 7.05 Å². The number of aromatic nitrogens is 6. The highest BCUT2D eigenvalue weighted by atomic mass is 16.6. The number of nitrogens with zero attached hydrogens (tertiary/aromatic N) is 11. The van der Waals surface area contributed by atoms with Crippen molar-refractivity contribution in [1.29, 1.82) is 0 Å². The second-order valence-corrected chi connectivity index (χ2v) is 4.59. The minimum Gasteiger partial charge on any atom is -0.390 e. The Hall–Kier alpha value is -4.16. The van der Waals surface area contributed by atoms with Crippen LogP contribution >= 0.6 is 0 Å². The van der Waals surface area contributed by atoms with Crippen molar-refractivity contribution in [2.24, 2.45) is 0 Å². The average Bonchev–Trinajstić information content (AvgIpc) is 3.11. The lowest BCUT2D eigenvalue weighted by Gasteiger charge is -2.09. The smallest absolute Gasteiger partial charge is 0.390 e. The Kier molecular flexibility index (Phi) is 4.73. The van der Waals surface area contributed by atoms with Gasteiger partial charge in [0.2, 0.25) is 0 Å². The Bertz CT molecular complexity index is 828. The first kappa shape index (κ1) is 18.2. The second kappa shape index (κ2) is 6.76. The molecule has 0 aliphatic heterocycles. The fourth-order valence-electron chi connectivity index (χ4n) is 1.76. The van der Waals surface area contributed by atoms with Crippen LogP contribution in [-0.2, 0) is 13.3 Å². The largest absolute Gasteiger partial charge is 0.508 e. The van der Waals surface area contributed by atoms with E-state index in [9.17, 15) is 40.5 Å². The summed E-state index contributed by atoms with van der Waals surface area (Å²) in [7, 11) is 1.30. The molecule has 0 spiro atoms. The summed E-state index contributed by atoms with van der Waals surface area (Å²) in [6.07, 6.45) is 0. The van der Waals surface area contributed by atoms with Crippen LogP contribution in [0.25, 0.3) is 0 Å². The number of rotatable bonds is 8. The predicted octanol–water partition coefficient (Wildman–Crippen LogP) is -0.951. The van der Waals surface area contributed by atoms with E-state index in [1.54, 1.807) is 0 Å². The van der Waals surface area contributed by atoms with E-state index in [0.717, 1.165) is 4.90 Å². The molecule has 0 saturated carbocycles. The Morgan fingerprint density at radius 2 is 1.12 bits per heavy atom. The lowest BCUT2D eigenvalue weighted by molar-refractivity contribution is -0.404. The standard InChI is InChI=1S/C7H7N11O8/c1-12(2-13-6(17(23)24)8-4(10-13)15(19)20)3-14-7(18(25)26)9-5(11-14)16(21)22/h2-3H2,1H3. The minimum atomic E-state index is -1.03. The summed E-state index contributed by atoms with van der Waals surface area (Å²) in [6, 6.07) is 0. The van der Waals surface area contributed by atoms with E-state index >= 15 is 0 Å². The van der Waals surface area contributed by atoms with Gasteiger partial charge >= 0.3 is 23.8 Å². The molecule has 138 valence electrons. The lowest BCUT2D eigenvalue weighted by atomic mass is 10.7. The molecule has 0 bridgehead atoms. The molecule has 0 saturated heterocycles. The molecule has 0 atom stereocenters. The first-order valence-corrected chi connectivity index (χ1v) is 6.26. The third-order valence-electron chi connectivity index (χ3n) is 2.69. The minimum absolute atomic E-state index is 0.456. The first-order valence-electron chi connectivity index (χ1n) is 6.26. The van der Waals surface area contributed by atoms with Crippen molar-refractivity contribution < 1.29 is 19.7 Å². The predicted molar refractivity (Wildman–Crippen MR) is 74.4 cm³/mol. The summed E-state index contributed by atoms with van der Waals surface area (Å²) < 4.78 is 1.16. The average molecular weight is 373 g/mol. The van der Waals surface area contributed by atoms with Gasteiger partial charge in [0.1, 0.15) is 0 Å². The molecule has 2 aromatic heterocycles. The third kappa shape index (κ3) is 3.66. The molecule has 19 heteroatoms. The van der Waals surface area contributed by atoms with Crippen molar-refractivity contribution >= 4 is 23.8 Å². The van der Waals surface area contributed by atoms with Crippen molar-refractivity contribution in [1.82, 2.24) is 34.4 Å². The molecule has 0 N–H and O–H groups in total. The molecule has 19 nitrogen and oxygen atoms in total. The van der Waals surface area contributed by atoms with E-state index in [1.807, 2.05) is 0 Å². The Balaban J connectivity index is 2.25. The van der Waals surface area contributed by atoms with Crippen LogP contribution in [-0.4, -0.2) is 61.2 Å². The van der Waals surface area contributed by atoms with Gasteiger partial charge in [-0.1, -0.05) is 9.36 Å². The monoisotopic (exact) mass is 373 g/mol. The van der Waals surface area contributed by atoms with Crippen LogP contribution in [0, 0.1) is 40.5 Å². The van der Waals surface area contributed by atoms with Crippen LogP contribution in [0.1, 0.15) is 0 Å². The van der Waals surface area contributed by atoms with Gasteiger partial charge in [0.25, 0.3) is 0 Å². The first-order chi connectivity index (χ1) is 12.1. The van der Waals surface area contributed by atoms with Gasteiger partial charge in [0, 0.05) is 9.97 Å². The molecule has 26 heavy (non-hydrogen) atoms. The van der Waals surface area contributed by atoms with Crippen LogP contribution in [0.3, 0.4) is 0 Å². The summed E-state index contributed by atoms with van der Waals surface area (Å²) in [6.45, 7) is -0.913. The molecular formula is C7H7N11O8. The molecule has 0 radical (unpaired) electrons. The number of hydrogen-bond acceptors (Lipinski definition) is 13. The lowest BCUT2D eigenvalue weighted by Crippen LogP contribution is -2.27. The molecule has 2 rings (SSSR count). The van der Waals surface area contributed by atoms with E-state index in [2.05, 4.69) is 20.2 Å². The molecule has 0 amide bonds. The fourth-order valence-corrected chi connectivity index (χ4v) is 1.76. The zero-order chi connectivity index (χ0) is 19.6. The third-order valence-corrected chi connectivity index (χ3v) is 2.69. The van der Waals surface area contributed by atoms with Crippen molar-refractivity contribution in [2.45, 2.75) is 13.3 Å². The van der Waals surface area contributed by atoms with Crippen LogP contribution < -0.4 is 0 Å². The van der Waals surface area contributed by atoms with Gasteiger partial charge in [-0.25, -0.2) is 4.90 Å². The van der Waals surface area contributed by atoms with Gasteiger partial charge in [-0.15, -0.1) is 0 Å². The zero-order valence-corrected chi connectivity index (χ0v) is 12.6.